The third-order valence-corrected chi connectivity index (χ3v) is 5.17. The zero-order valence-corrected chi connectivity index (χ0v) is 16.2. The van der Waals surface area contributed by atoms with E-state index in [4.69, 9.17) is 10.5 Å². The fourth-order valence-electron chi connectivity index (χ4n) is 2.94. The Bertz CT molecular complexity index is 1090. The number of nitrogen functional groups attached to an aromatic ring is 1. The first kappa shape index (κ1) is 19.1. The third kappa shape index (κ3) is 4.29. The van der Waals surface area contributed by atoms with Crippen molar-refractivity contribution in [1.29, 1.82) is 0 Å². The monoisotopic (exact) mass is 411 g/mol. The van der Waals surface area contributed by atoms with Gasteiger partial charge in [-0.2, -0.15) is 4.98 Å². The Morgan fingerprint density at radius 2 is 1.97 bits per heavy atom. The highest BCUT2D eigenvalue weighted by Crippen LogP contribution is 2.29. The number of nitrogens with one attached hydrogen (secondary N) is 1. The van der Waals surface area contributed by atoms with Crippen LogP contribution in [0.2, 0.25) is 0 Å². The Balaban J connectivity index is 1.60. The summed E-state index contributed by atoms with van der Waals surface area (Å²) in [5.74, 6) is 1.02. The number of anilines is 1. The summed E-state index contributed by atoms with van der Waals surface area (Å²) in [7, 11) is 0. The van der Waals surface area contributed by atoms with Crippen LogP contribution >= 0.6 is 11.8 Å². The van der Waals surface area contributed by atoms with Crippen molar-refractivity contribution in [1.82, 2.24) is 15.3 Å². The SMILES string of the molecule is Nc1nc(OCCF)c2cc(-c3ccc(C(=O)NC4=NCCS4)cc3)ccc2n1. The lowest BCUT2D eigenvalue weighted by molar-refractivity contribution is 0.0978. The molecule has 148 valence electrons. The van der Waals surface area contributed by atoms with Gasteiger partial charge in [-0.3, -0.25) is 9.79 Å². The van der Waals surface area contributed by atoms with Gasteiger partial charge in [0.1, 0.15) is 13.3 Å². The molecule has 0 saturated heterocycles. The van der Waals surface area contributed by atoms with E-state index in [1.807, 2.05) is 24.3 Å². The fraction of sp³-hybridized carbons (Fsp3) is 0.200. The molecule has 7 nitrogen and oxygen atoms in total. The number of thioether (sulfide) groups is 1. The summed E-state index contributed by atoms with van der Waals surface area (Å²) in [5, 5.41) is 4.11. The summed E-state index contributed by atoms with van der Waals surface area (Å²) in [4.78, 5) is 24.8. The number of carbonyl (C=O) groups is 1. The van der Waals surface area contributed by atoms with Crippen LogP contribution < -0.4 is 15.8 Å². The van der Waals surface area contributed by atoms with Crippen LogP contribution in [0.1, 0.15) is 10.4 Å². The molecule has 1 aromatic heterocycles. The van der Waals surface area contributed by atoms with Gasteiger partial charge in [-0.15, -0.1) is 0 Å². The predicted octanol–water partition coefficient (Wildman–Crippen LogP) is 3.06. The molecule has 0 bridgehead atoms. The summed E-state index contributed by atoms with van der Waals surface area (Å²) in [6.07, 6.45) is 0. The zero-order valence-electron chi connectivity index (χ0n) is 15.4. The number of rotatable bonds is 5. The number of fused-ring (bicyclic) bond motifs is 1. The van der Waals surface area contributed by atoms with Crippen LogP contribution in [0.25, 0.3) is 22.0 Å². The van der Waals surface area contributed by atoms with E-state index in [0.29, 0.717) is 21.6 Å². The van der Waals surface area contributed by atoms with E-state index < -0.39 is 6.67 Å². The molecule has 0 aliphatic carbocycles. The molecule has 4 rings (SSSR count). The Labute approximate surface area is 170 Å². The van der Waals surface area contributed by atoms with Crippen molar-refractivity contribution in [2.45, 2.75) is 0 Å². The second-order valence-corrected chi connectivity index (χ2v) is 7.31. The van der Waals surface area contributed by atoms with E-state index in [1.165, 1.54) is 11.8 Å². The van der Waals surface area contributed by atoms with E-state index in [-0.39, 0.29) is 24.3 Å². The molecule has 0 radical (unpaired) electrons. The normalized spacial score (nSPS) is 13.3. The van der Waals surface area contributed by atoms with E-state index in [2.05, 4.69) is 20.3 Å². The van der Waals surface area contributed by atoms with Gasteiger partial charge in [-0.05, 0) is 35.4 Å². The zero-order chi connectivity index (χ0) is 20.2. The first-order valence-electron chi connectivity index (χ1n) is 8.99. The summed E-state index contributed by atoms with van der Waals surface area (Å²) in [6.45, 7) is -0.00368. The number of amides is 1. The Hall–Kier alpha value is -3.20. The number of nitrogens with zero attached hydrogens (tertiary/aromatic N) is 3. The largest absolute Gasteiger partial charge is 0.474 e. The number of ether oxygens (including phenoxy) is 1. The molecular formula is C20H18FN5O2S. The Kier molecular flexibility index (Phi) is 5.57. The van der Waals surface area contributed by atoms with Crippen LogP contribution in [0.3, 0.4) is 0 Å². The molecule has 9 heteroatoms. The second kappa shape index (κ2) is 8.44. The number of carbonyl (C=O) groups excluding carboxylic acids is 1. The Morgan fingerprint density at radius 1 is 1.17 bits per heavy atom. The van der Waals surface area contributed by atoms with Gasteiger partial charge in [0, 0.05) is 11.3 Å². The minimum Gasteiger partial charge on any atom is -0.474 e. The highest BCUT2D eigenvalue weighted by Gasteiger charge is 2.13. The highest BCUT2D eigenvalue weighted by atomic mass is 32.2. The first-order valence-corrected chi connectivity index (χ1v) is 9.97. The van der Waals surface area contributed by atoms with Crippen LogP contribution in [0.15, 0.2) is 47.5 Å². The summed E-state index contributed by atoms with van der Waals surface area (Å²) >= 11 is 1.54. The van der Waals surface area contributed by atoms with E-state index >= 15 is 0 Å². The van der Waals surface area contributed by atoms with E-state index in [0.717, 1.165) is 23.4 Å². The molecule has 0 spiro atoms. The van der Waals surface area contributed by atoms with Crippen LogP contribution in [0, 0.1) is 0 Å². The number of aliphatic imine (C=N–C) groups is 1. The number of hydrogen-bond donors (Lipinski definition) is 2. The molecule has 0 atom stereocenters. The van der Waals surface area contributed by atoms with Crippen molar-refractivity contribution in [3.05, 3.63) is 48.0 Å². The minimum absolute atomic E-state index is 0.0690. The second-order valence-electron chi connectivity index (χ2n) is 6.22. The van der Waals surface area contributed by atoms with Crippen LogP contribution in [-0.4, -0.2) is 46.6 Å². The van der Waals surface area contributed by atoms with Crippen molar-refractivity contribution in [3.63, 3.8) is 0 Å². The maximum atomic E-state index is 12.5. The summed E-state index contributed by atoms with van der Waals surface area (Å²) < 4.78 is 17.9. The van der Waals surface area contributed by atoms with Crippen molar-refractivity contribution in [2.75, 3.05) is 31.3 Å². The van der Waals surface area contributed by atoms with E-state index in [1.54, 1.807) is 18.2 Å². The number of alkyl halides is 1. The van der Waals surface area contributed by atoms with Gasteiger partial charge in [0.2, 0.25) is 11.8 Å². The number of aromatic nitrogens is 2. The van der Waals surface area contributed by atoms with Crippen LogP contribution in [-0.2, 0) is 0 Å². The summed E-state index contributed by atoms with van der Waals surface area (Å²) in [6, 6.07) is 12.8. The van der Waals surface area contributed by atoms with Gasteiger partial charge in [0.25, 0.3) is 5.91 Å². The first-order chi connectivity index (χ1) is 14.1. The number of nitrogens with two attached hydrogens (primary N) is 1. The lowest BCUT2D eigenvalue weighted by Gasteiger charge is -2.10. The smallest absolute Gasteiger partial charge is 0.257 e. The molecule has 0 unspecified atom stereocenters. The molecule has 0 fully saturated rings. The average molecular weight is 411 g/mol. The molecule has 1 amide bonds. The lowest BCUT2D eigenvalue weighted by Crippen LogP contribution is -2.27. The van der Waals surface area contributed by atoms with Gasteiger partial charge in [0.05, 0.1) is 17.4 Å². The van der Waals surface area contributed by atoms with Crippen molar-refractivity contribution in [3.8, 4) is 17.0 Å². The molecule has 1 aliphatic rings. The minimum atomic E-state index is -0.625. The predicted molar refractivity (Wildman–Crippen MR) is 113 cm³/mol. The van der Waals surface area contributed by atoms with Gasteiger partial charge in [0.15, 0.2) is 5.17 Å². The molecule has 2 heterocycles. The molecule has 0 saturated carbocycles. The van der Waals surface area contributed by atoms with Gasteiger partial charge in [-0.25, -0.2) is 9.37 Å². The van der Waals surface area contributed by atoms with Crippen molar-refractivity contribution >= 4 is 39.7 Å². The maximum absolute atomic E-state index is 12.5. The standard InChI is InChI=1S/C20H18FN5O2S/c21-7-9-28-18-15-11-14(5-6-16(15)24-19(22)26-18)12-1-3-13(4-2-12)17(27)25-20-23-8-10-29-20/h1-6,11H,7-10H2,(H2,22,24,26)(H,23,25,27). The molecule has 2 aromatic carbocycles. The van der Waals surface area contributed by atoms with Gasteiger partial charge < -0.3 is 15.8 Å². The fourth-order valence-corrected chi connectivity index (χ4v) is 3.66. The molecule has 3 N–H and O–H groups in total. The number of benzene rings is 2. The van der Waals surface area contributed by atoms with Crippen LogP contribution in [0.5, 0.6) is 5.88 Å². The lowest BCUT2D eigenvalue weighted by atomic mass is 10.0. The average Bonchev–Trinajstić information content (AvgIpc) is 3.24. The number of halogens is 1. The van der Waals surface area contributed by atoms with Gasteiger partial charge in [-0.1, -0.05) is 30.0 Å². The molecule has 3 aromatic rings. The molecule has 29 heavy (non-hydrogen) atoms. The third-order valence-electron chi connectivity index (χ3n) is 4.28. The molecule has 1 aliphatic heterocycles. The van der Waals surface area contributed by atoms with Crippen LogP contribution in [0.4, 0.5) is 10.3 Å². The Morgan fingerprint density at radius 3 is 2.69 bits per heavy atom. The number of amidine groups is 1. The van der Waals surface area contributed by atoms with E-state index in [9.17, 15) is 9.18 Å². The number of hydrogen-bond acceptors (Lipinski definition) is 7. The van der Waals surface area contributed by atoms with Crippen molar-refractivity contribution in [2.24, 2.45) is 4.99 Å². The highest BCUT2D eigenvalue weighted by molar-refractivity contribution is 8.14. The topological polar surface area (TPSA) is 102 Å². The quantitative estimate of drug-likeness (QED) is 0.669. The molecular weight excluding hydrogens is 393 g/mol. The van der Waals surface area contributed by atoms with Crippen molar-refractivity contribution < 1.29 is 13.9 Å². The van der Waals surface area contributed by atoms with Gasteiger partial charge >= 0.3 is 0 Å². The maximum Gasteiger partial charge on any atom is 0.257 e. The summed E-state index contributed by atoms with van der Waals surface area (Å²) in [5.41, 5.74) is 8.66.